The minimum absolute atomic E-state index is 0.229. The summed E-state index contributed by atoms with van der Waals surface area (Å²) in [6, 6.07) is 7.74. The van der Waals surface area contributed by atoms with Crippen LogP contribution in [0.15, 0.2) is 29.8 Å². The second-order valence-corrected chi connectivity index (χ2v) is 3.89. The summed E-state index contributed by atoms with van der Waals surface area (Å²) < 4.78 is 5.50. The fraction of sp³-hybridized carbons (Fsp3) is 0.357. The molecular formula is C14H18O2. The highest BCUT2D eigenvalue weighted by Crippen LogP contribution is 2.22. The van der Waals surface area contributed by atoms with E-state index in [1.54, 1.807) is 0 Å². The van der Waals surface area contributed by atoms with E-state index in [2.05, 4.69) is 0 Å². The number of carbonyl (C=O) groups is 1. The first-order valence-corrected chi connectivity index (χ1v) is 5.57. The molecule has 0 bridgehead atoms. The monoisotopic (exact) mass is 218 g/mol. The quantitative estimate of drug-likeness (QED) is 0.559. The van der Waals surface area contributed by atoms with Crippen LogP contribution in [0.5, 0.6) is 5.75 Å². The van der Waals surface area contributed by atoms with Crippen molar-refractivity contribution < 1.29 is 9.53 Å². The number of para-hydroxylation sites is 1. The molecule has 0 fully saturated rings. The van der Waals surface area contributed by atoms with Gasteiger partial charge >= 0.3 is 0 Å². The normalized spacial score (nSPS) is 11.6. The van der Waals surface area contributed by atoms with E-state index in [-0.39, 0.29) is 5.92 Å². The molecule has 0 N–H and O–H groups in total. The van der Waals surface area contributed by atoms with Crippen LogP contribution in [0.1, 0.15) is 26.3 Å². The van der Waals surface area contributed by atoms with Crippen LogP contribution in [-0.2, 0) is 4.79 Å². The highest BCUT2D eigenvalue weighted by atomic mass is 16.5. The first kappa shape index (κ1) is 12.5. The Kier molecular flexibility index (Phi) is 4.77. The Labute approximate surface area is 96.9 Å². The van der Waals surface area contributed by atoms with Crippen molar-refractivity contribution >= 4 is 12.4 Å². The molecule has 0 atom stereocenters. The molecule has 1 aromatic rings. The molecule has 1 rings (SSSR count). The van der Waals surface area contributed by atoms with Gasteiger partial charge in [-0.15, -0.1) is 0 Å². The van der Waals surface area contributed by atoms with E-state index < -0.39 is 0 Å². The van der Waals surface area contributed by atoms with Gasteiger partial charge in [0.05, 0.1) is 6.61 Å². The van der Waals surface area contributed by atoms with E-state index in [0.29, 0.717) is 6.61 Å². The van der Waals surface area contributed by atoms with Crippen LogP contribution < -0.4 is 4.74 Å². The van der Waals surface area contributed by atoms with Crippen molar-refractivity contribution in [3.8, 4) is 5.75 Å². The van der Waals surface area contributed by atoms with Gasteiger partial charge in [-0.2, -0.15) is 0 Å². The van der Waals surface area contributed by atoms with Crippen molar-refractivity contribution in [1.29, 1.82) is 0 Å². The maximum atomic E-state index is 10.9. The summed E-state index contributed by atoms with van der Waals surface area (Å²) >= 11 is 0. The van der Waals surface area contributed by atoms with Gasteiger partial charge in [0.2, 0.25) is 0 Å². The highest BCUT2D eigenvalue weighted by molar-refractivity contribution is 5.83. The van der Waals surface area contributed by atoms with E-state index in [1.807, 2.05) is 51.1 Å². The van der Waals surface area contributed by atoms with Crippen molar-refractivity contribution in [2.45, 2.75) is 20.8 Å². The van der Waals surface area contributed by atoms with E-state index in [1.165, 1.54) is 0 Å². The van der Waals surface area contributed by atoms with Crippen molar-refractivity contribution in [1.82, 2.24) is 0 Å². The maximum absolute atomic E-state index is 10.9. The molecule has 86 valence electrons. The van der Waals surface area contributed by atoms with Gasteiger partial charge in [0.25, 0.3) is 0 Å². The van der Waals surface area contributed by atoms with Gasteiger partial charge in [-0.25, -0.2) is 0 Å². The Bertz CT molecular complexity index is 378. The number of benzene rings is 1. The van der Waals surface area contributed by atoms with Crippen molar-refractivity contribution in [3.05, 3.63) is 35.4 Å². The summed E-state index contributed by atoms with van der Waals surface area (Å²) in [6.45, 7) is 6.58. The molecule has 0 amide bonds. The Balaban J connectivity index is 3.07. The number of hydrogen-bond donors (Lipinski definition) is 0. The van der Waals surface area contributed by atoms with Crippen molar-refractivity contribution in [2.75, 3.05) is 6.61 Å². The molecular weight excluding hydrogens is 200 g/mol. The lowest BCUT2D eigenvalue weighted by Crippen LogP contribution is -1.97. The molecule has 0 aliphatic heterocycles. The highest BCUT2D eigenvalue weighted by Gasteiger charge is 2.04. The van der Waals surface area contributed by atoms with Crippen LogP contribution in [0.4, 0.5) is 0 Å². The van der Waals surface area contributed by atoms with Gasteiger partial charge in [-0.1, -0.05) is 32.0 Å². The third kappa shape index (κ3) is 3.23. The van der Waals surface area contributed by atoms with Crippen molar-refractivity contribution in [2.24, 2.45) is 5.92 Å². The Morgan fingerprint density at radius 2 is 2.06 bits per heavy atom. The third-order valence-electron chi connectivity index (χ3n) is 2.34. The number of carbonyl (C=O) groups excluding carboxylic acids is 1. The second kappa shape index (κ2) is 6.11. The first-order valence-electron chi connectivity index (χ1n) is 5.57. The zero-order chi connectivity index (χ0) is 12.0. The molecule has 16 heavy (non-hydrogen) atoms. The molecule has 0 saturated heterocycles. The lowest BCUT2D eigenvalue weighted by atomic mass is 10.0. The number of ether oxygens (including phenoxy) is 1. The number of allylic oxidation sites excluding steroid dienone is 1. The molecule has 0 saturated carbocycles. The van der Waals surface area contributed by atoms with Gasteiger partial charge < -0.3 is 4.74 Å². The van der Waals surface area contributed by atoms with Crippen LogP contribution in [0, 0.1) is 5.92 Å². The molecule has 1 aromatic carbocycles. The zero-order valence-electron chi connectivity index (χ0n) is 10.1. The van der Waals surface area contributed by atoms with E-state index in [4.69, 9.17) is 4.74 Å². The minimum atomic E-state index is 0.229. The average Bonchev–Trinajstić information content (AvgIpc) is 2.27. The number of aldehydes is 1. The molecule has 0 spiro atoms. The number of hydrogen-bond acceptors (Lipinski definition) is 2. The zero-order valence-corrected chi connectivity index (χ0v) is 10.1. The molecule has 2 heteroatoms. The summed E-state index contributed by atoms with van der Waals surface area (Å²) in [5, 5.41) is 0. The van der Waals surface area contributed by atoms with E-state index >= 15 is 0 Å². The summed E-state index contributed by atoms with van der Waals surface area (Å²) in [5.41, 5.74) is 1.74. The van der Waals surface area contributed by atoms with Crippen LogP contribution >= 0.6 is 0 Å². The first-order chi connectivity index (χ1) is 7.69. The fourth-order valence-electron chi connectivity index (χ4n) is 1.40. The second-order valence-electron chi connectivity index (χ2n) is 3.89. The van der Waals surface area contributed by atoms with Gasteiger partial charge in [0.15, 0.2) is 0 Å². The molecule has 2 nitrogen and oxygen atoms in total. The summed E-state index contributed by atoms with van der Waals surface area (Å²) in [4.78, 5) is 10.9. The Morgan fingerprint density at radius 1 is 1.38 bits per heavy atom. The predicted octanol–water partition coefficient (Wildman–Crippen LogP) is 3.32. The average molecular weight is 218 g/mol. The third-order valence-corrected chi connectivity index (χ3v) is 2.34. The van der Waals surface area contributed by atoms with E-state index in [0.717, 1.165) is 23.2 Å². The topological polar surface area (TPSA) is 26.3 Å². The molecule has 0 aromatic heterocycles. The summed E-state index contributed by atoms with van der Waals surface area (Å²) in [7, 11) is 0. The summed E-state index contributed by atoms with van der Waals surface area (Å²) in [6.07, 6.45) is 2.80. The van der Waals surface area contributed by atoms with Crippen LogP contribution in [0.25, 0.3) is 6.08 Å². The fourth-order valence-corrected chi connectivity index (χ4v) is 1.40. The van der Waals surface area contributed by atoms with Crippen LogP contribution in [0.3, 0.4) is 0 Å². The number of rotatable bonds is 5. The molecule has 0 radical (unpaired) electrons. The lowest BCUT2D eigenvalue weighted by Gasteiger charge is -2.08. The minimum Gasteiger partial charge on any atom is -0.493 e. The molecule has 0 unspecified atom stereocenters. The standard InChI is InChI=1S/C14H18O2/c1-4-16-14-8-6-5-7-12(14)9-13(10-15)11(2)3/h5-11H,4H2,1-3H3. The molecule has 0 aliphatic rings. The van der Waals surface area contributed by atoms with Gasteiger partial charge in [-0.3, -0.25) is 4.79 Å². The smallest absolute Gasteiger partial charge is 0.146 e. The molecule has 0 aliphatic carbocycles. The maximum Gasteiger partial charge on any atom is 0.146 e. The van der Waals surface area contributed by atoms with E-state index in [9.17, 15) is 4.79 Å². The Morgan fingerprint density at radius 3 is 2.62 bits per heavy atom. The SMILES string of the molecule is CCOc1ccccc1C=C(C=O)C(C)C. The Hall–Kier alpha value is -1.57. The lowest BCUT2D eigenvalue weighted by molar-refractivity contribution is -0.105. The van der Waals surface area contributed by atoms with Crippen LogP contribution in [0.2, 0.25) is 0 Å². The van der Waals surface area contributed by atoms with Gasteiger partial charge in [0.1, 0.15) is 12.0 Å². The van der Waals surface area contributed by atoms with Gasteiger partial charge in [-0.05, 0) is 30.6 Å². The van der Waals surface area contributed by atoms with Gasteiger partial charge in [0, 0.05) is 5.56 Å². The van der Waals surface area contributed by atoms with Crippen LogP contribution in [-0.4, -0.2) is 12.9 Å². The van der Waals surface area contributed by atoms with Crippen molar-refractivity contribution in [3.63, 3.8) is 0 Å². The molecule has 0 heterocycles. The predicted molar refractivity (Wildman–Crippen MR) is 66.5 cm³/mol. The summed E-state index contributed by atoms with van der Waals surface area (Å²) in [5.74, 6) is 1.05. The largest absolute Gasteiger partial charge is 0.493 e.